The molecular formula is C20H14N4O2. The molecule has 0 amide bonds. The maximum Gasteiger partial charge on any atom is 0.264 e. The topological polar surface area (TPSA) is 103 Å². The van der Waals surface area contributed by atoms with E-state index in [0.717, 1.165) is 16.8 Å². The quantitative estimate of drug-likeness (QED) is 0.784. The number of hydrogen-bond donors (Lipinski definition) is 1. The monoisotopic (exact) mass is 342 g/mol. The zero-order chi connectivity index (χ0) is 18.5. The van der Waals surface area contributed by atoms with E-state index < -0.39 is 0 Å². The van der Waals surface area contributed by atoms with Gasteiger partial charge < -0.3 is 4.74 Å². The number of ether oxygens (including phenoxy) is 1. The summed E-state index contributed by atoms with van der Waals surface area (Å²) in [5.74, 6) is 1.06. The van der Waals surface area contributed by atoms with E-state index in [4.69, 9.17) is 15.3 Å². The standard InChI is InChI=1S/C20H14N4O2/c1-13-2-3-14(7-17-4-5-20(25)24-23-17)10-19(13)26-18-8-15(11-21)6-16(9-18)12-22/h2-6,8-10H,7H2,1H3,(H,24,25). The van der Waals surface area contributed by atoms with Crippen molar-refractivity contribution in [3.63, 3.8) is 0 Å². The molecule has 2 aromatic carbocycles. The molecule has 0 saturated heterocycles. The third kappa shape index (κ3) is 3.95. The number of nitrogens with one attached hydrogen (secondary N) is 1. The van der Waals surface area contributed by atoms with Crippen LogP contribution >= 0.6 is 0 Å². The van der Waals surface area contributed by atoms with Crippen molar-refractivity contribution in [3.8, 4) is 23.6 Å². The SMILES string of the molecule is Cc1ccc(Cc2ccc(=O)[nH]n2)cc1Oc1cc(C#N)cc(C#N)c1. The van der Waals surface area contributed by atoms with Gasteiger partial charge in [-0.05, 0) is 48.4 Å². The van der Waals surface area contributed by atoms with Crippen LogP contribution in [0.1, 0.15) is 27.9 Å². The largest absolute Gasteiger partial charge is 0.457 e. The molecule has 0 radical (unpaired) electrons. The highest BCUT2D eigenvalue weighted by Crippen LogP contribution is 2.28. The van der Waals surface area contributed by atoms with Crippen LogP contribution < -0.4 is 10.3 Å². The average Bonchev–Trinajstić information content (AvgIpc) is 2.66. The molecule has 126 valence electrons. The normalized spacial score (nSPS) is 9.96. The predicted octanol–water partition coefficient (Wildman–Crippen LogP) is 3.20. The molecule has 0 aliphatic carbocycles. The van der Waals surface area contributed by atoms with Gasteiger partial charge in [0.1, 0.15) is 11.5 Å². The summed E-state index contributed by atoms with van der Waals surface area (Å²) in [6, 6.07) is 17.6. The van der Waals surface area contributed by atoms with Crippen LogP contribution in [0.3, 0.4) is 0 Å². The first kappa shape index (κ1) is 16.9. The van der Waals surface area contributed by atoms with Gasteiger partial charge in [-0.15, -0.1) is 0 Å². The molecule has 0 unspecified atom stereocenters. The summed E-state index contributed by atoms with van der Waals surface area (Å²) >= 11 is 0. The third-order valence-corrected chi connectivity index (χ3v) is 3.77. The number of H-pyrrole nitrogens is 1. The van der Waals surface area contributed by atoms with Gasteiger partial charge in [-0.2, -0.15) is 15.6 Å². The van der Waals surface area contributed by atoms with E-state index in [2.05, 4.69) is 10.2 Å². The van der Waals surface area contributed by atoms with Gasteiger partial charge in [-0.3, -0.25) is 4.79 Å². The molecule has 3 aromatic rings. The Morgan fingerprint density at radius 2 is 1.77 bits per heavy atom. The van der Waals surface area contributed by atoms with Crippen LogP contribution in [0.15, 0.2) is 53.3 Å². The number of nitrogens with zero attached hydrogens (tertiary/aromatic N) is 3. The van der Waals surface area contributed by atoms with Gasteiger partial charge in [0.05, 0.1) is 29.0 Å². The summed E-state index contributed by atoms with van der Waals surface area (Å²) < 4.78 is 5.91. The van der Waals surface area contributed by atoms with E-state index in [1.807, 2.05) is 37.3 Å². The van der Waals surface area contributed by atoms with Crippen molar-refractivity contribution in [1.82, 2.24) is 10.2 Å². The van der Waals surface area contributed by atoms with Crippen molar-refractivity contribution in [3.05, 3.63) is 86.8 Å². The second-order valence-corrected chi connectivity index (χ2v) is 5.76. The Hall–Kier alpha value is -3.90. The van der Waals surface area contributed by atoms with Gasteiger partial charge >= 0.3 is 0 Å². The van der Waals surface area contributed by atoms with Gasteiger partial charge in [0.15, 0.2) is 0 Å². The van der Waals surface area contributed by atoms with Crippen LogP contribution in [-0.4, -0.2) is 10.2 Å². The van der Waals surface area contributed by atoms with Crippen LogP contribution in [-0.2, 0) is 6.42 Å². The van der Waals surface area contributed by atoms with Crippen molar-refractivity contribution < 1.29 is 4.74 Å². The van der Waals surface area contributed by atoms with Crippen molar-refractivity contribution >= 4 is 0 Å². The summed E-state index contributed by atoms with van der Waals surface area (Å²) in [6.45, 7) is 1.91. The van der Waals surface area contributed by atoms with Crippen LogP contribution in [0.25, 0.3) is 0 Å². The molecule has 1 aromatic heterocycles. The summed E-state index contributed by atoms with van der Waals surface area (Å²) in [5, 5.41) is 24.6. The average molecular weight is 342 g/mol. The van der Waals surface area contributed by atoms with Gasteiger partial charge in [0.2, 0.25) is 0 Å². The Balaban J connectivity index is 1.89. The van der Waals surface area contributed by atoms with Crippen LogP contribution in [0, 0.1) is 29.6 Å². The van der Waals surface area contributed by atoms with E-state index in [1.165, 1.54) is 12.1 Å². The van der Waals surface area contributed by atoms with E-state index in [9.17, 15) is 4.79 Å². The molecule has 26 heavy (non-hydrogen) atoms. The molecule has 1 heterocycles. The van der Waals surface area contributed by atoms with E-state index >= 15 is 0 Å². The van der Waals surface area contributed by atoms with Gasteiger partial charge in [-0.25, -0.2) is 5.10 Å². The molecule has 0 spiro atoms. The maximum atomic E-state index is 11.1. The fourth-order valence-electron chi connectivity index (χ4n) is 2.46. The smallest absolute Gasteiger partial charge is 0.264 e. The summed E-state index contributed by atoms with van der Waals surface area (Å²) in [5.41, 5.74) is 3.10. The lowest BCUT2D eigenvalue weighted by atomic mass is 10.1. The number of rotatable bonds is 4. The number of benzene rings is 2. The molecule has 3 rings (SSSR count). The number of aromatic nitrogens is 2. The highest BCUT2D eigenvalue weighted by molar-refractivity contribution is 5.48. The minimum absolute atomic E-state index is 0.243. The van der Waals surface area contributed by atoms with E-state index in [1.54, 1.807) is 18.2 Å². The Kier molecular flexibility index (Phi) is 4.78. The summed E-state index contributed by atoms with van der Waals surface area (Å²) in [6.07, 6.45) is 0.537. The van der Waals surface area contributed by atoms with Crippen LogP contribution in [0.2, 0.25) is 0 Å². The molecule has 0 aliphatic rings. The Labute approximate surface area is 149 Å². The molecule has 1 N–H and O–H groups in total. The zero-order valence-corrected chi connectivity index (χ0v) is 14.0. The Morgan fingerprint density at radius 3 is 2.38 bits per heavy atom. The van der Waals surface area contributed by atoms with E-state index in [-0.39, 0.29) is 5.56 Å². The second-order valence-electron chi connectivity index (χ2n) is 5.76. The minimum Gasteiger partial charge on any atom is -0.457 e. The summed E-state index contributed by atoms with van der Waals surface area (Å²) in [4.78, 5) is 11.1. The molecule has 6 nitrogen and oxygen atoms in total. The Morgan fingerprint density at radius 1 is 1.04 bits per heavy atom. The first-order chi connectivity index (χ1) is 12.6. The minimum atomic E-state index is -0.243. The van der Waals surface area contributed by atoms with Crippen LogP contribution in [0.5, 0.6) is 11.5 Å². The lowest BCUT2D eigenvalue weighted by Crippen LogP contribution is -2.07. The lowest BCUT2D eigenvalue weighted by Gasteiger charge is -2.11. The predicted molar refractivity (Wildman–Crippen MR) is 94.8 cm³/mol. The number of hydrogen-bond acceptors (Lipinski definition) is 5. The van der Waals surface area contributed by atoms with E-state index in [0.29, 0.717) is 29.0 Å². The first-order valence-corrected chi connectivity index (χ1v) is 7.84. The molecule has 0 bridgehead atoms. The second kappa shape index (κ2) is 7.33. The molecule has 0 fully saturated rings. The van der Waals surface area contributed by atoms with Crippen molar-refractivity contribution in [2.24, 2.45) is 0 Å². The Bertz CT molecular complexity index is 1050. The van der Waals surface area contributed by atoms with Crippen molar-refractivity contribution in [2.45, 2.75) is 13.3 Å². The highest BCUT2D eigenvalue weighted by Gasteiger charge is 2.08. The molecule has 0 saturated carbocycles. The maximum absolute atomic E-state index is 11.1. The number of aryl methyl sites for hydroxylation is 1. The number of aromatic amines is 1. The fraction of sp³-hybridized carbons (Fsp3) is 0.100. The fourth-order valence-corrected chi connectivity index (χ4v) is 2.46. The van der Waals surface area contributed by atoms with Crippen LogP contribution in [0.4, 0.5) is 0 Å². The molecular weight excluding hydrogens is 328 g/mol. The molecule has 0 atom stereocenters. The van der Waals surface area contributed by atoms with Gasteiger partial charge in [0.25, 0.3) is 5.56 Å². The lowest BCUT2D eigenvalue weighted by molar-refractivity contribution is 0.478. The molecule has 0 aliphatic heterocycles. The third-order valence-electron chi connectivity index (χ3n) is 3.77. The zero-order valence-electron chi connectivity index (χ0n) is 14.0. The number of nitriles is 2. The first-order valence-electron chi connectivity index (χ1n) is 7.84. The van der Waals surface area contributed by atoms with Gasteiger partial charge in [-0.1, -0.05) is 12.1 Å². The van der Waals surface area contributed by atoms with Crippen molar-refractivity contribution in [2.75, 3.05) is 0 Å². The summed E-state index contributed by atoms with van der Waals surface area (Å²) in [7, 11) is 0. The van der Waals surface area contributed by atoms with Gasteiger partial charge in [0, 0.05) is 12.5 Å². The highest BCUT2D eigenvalue weighted by atomic mass is 16.5. The molecule has 6 heteroatoms. The van der Waals surface area contributed by atoms with Crippen molar-refractivity contribution in [1.29, 1.82) is 10.5 Å².